The molecule has 202 valence electrons. The van der Waals surface area contributed by atoms with Gasteiger partial charge < -0.3 is 4.74 Å². The van der Waals surface area contributed by atoms with Gasteiger partial charge in [-0.2, -0.15) is 0 Å². The molecule has 2 aliphatic carbocycles. The van der Waals surface area contributed by atoms with Crippen molar-refractivity contribution >= 4 is 0 Å². The molecule has 1 nitrogen and oxygen atoms in total. The molecule has 0 saturated heterocycles. The van der Waals surface area contributed by atoms with Gasteiger partial charge in [-0.05, 0) is 90.7 Å². The average molecular weight is 521 g/mol. The van der Waals surface area contributed by atoms with E-state index in [1.807, 2.05) is 36.4 Å². The highest BCUT2D eigenvalue weighted by Gasteiger charge is 2.36. The lowest BCUT2D eigenvalue weighted by molar-refractivity contribution is 0.113. The van der Waals surface area contributed by atoms with Gasteiger partial charge in [-0.1, -0.05) is 81.5 Å². The van der Waals surface area contributed by atoms with Crippen molar-refractivity contribution in [3.05, 3.63) is 89.2 Å². The Morgan fingerprint density at radius 3 is 2.24 bits per heavy atom. The molecule has 3 aromatic rings. The predicted octanol–water partition coefficient (Wildman–Crippen LogP) is 10.2. The summed E-state index contributed by atoms with van der Waals surface area (Å²) in [6, 6.07) is 16.7. The number of hydrogen-bond acceptors (Lipinski definition) is 1. The fraction of sp³-hybridized carbons (Fsp3) is 0.471. The summed E-state index contributed by atoms with van der Waals surface area (Å²) in [5.41, 5.74) is 2.22. The number of halogens is 3. The van der Waals surface area contributed by atoms with Crippen LogP contribution in [-0.4, -0.2) is 0 Å². The van der Waals surface area contributed by atoms with Crippen LogP contribution < -0.4 is 4.74 Å². The van der Waals surface area contributed by atoms with Crippen LogP contribution in [-0.2, 0) is 6.61 Å². The fourth-order valence-corrected chi connectivity index (χ4v) is 6.84. The van der Waals surface area contributed by atoms with E-state index in [0.717, 1.165) is 53.9 Å². The summed E-state index contributed by atoms with van der Waals surface area (Å²) in [4.78, 5) is 0. The molecule has 1 unspecified atom stereocenters. The number of hydrogen-bond donors (Lipinski definition) is 0. The molecule has 0 heterocycles. The predicted molar refractivity (Wildman–Crippen MR) is 148 cm³/mol. The number of unbranched alkanes of at least 4 members (excludes halogenated alkanes) is 2. The fourth-order valence-electron chi connectivity index (χ4n) is 6.84. The number of fused-ring (bicyclic) bond motifs is 1. The van der Waals surface area contributed by atoms with Crippen LogP contribution in [0.1, 0.15) is 88.2 Å². The Morgan fingerprint density at radius 2 is 1.50 bits per heavy atom. The van der Waals surface area contributed by atoms with Crippen LogP contribution in [0.4, 0.5) is 13.2 Å². The summed E-state index contributed by atoms with van der Waals surface area (Å²) in [7, 11) is 0. The molecule has 2 aliphatic rings. The highest BCUT2D eigenvalue weighted by atomic mass is 19.1. The van der Waals surface area contributed by atoms with E-state index in [0.29, 0.717) is 5.92 Å². The van der Waals surface area contributed by atoms with E-state index in [9.17, 15) is 8.78 Å². The van der Waals surface area contributed by atoms with Gasteiger partial charge in [0.1, 0.15) is 12.4 Å². The van der Waals surface area contributed by atoms with Crippen molar-refractivity contribution < 1.29 is 17.9 Å². The van der Waals surface area contributed by atoms with E-state index in [2.05, 4.69) is 6.92 Å². The van der Waals surface area contributed by atoms with E-state index < -0.39 is 23.2 Å². The monoisotopic (exact) mass is 520 g/mol. The van der Waals surface area contributed by atoms with E-state index in [4.69, 9.17) is 4.74 Å². The first-order chi connectivity index (χ1) is 18.5. The Bertz CT molecular complexity index is 1180. The van der Waals surface area contributed by atoms with E-state index >= 15 is 4.39 Å². The zero-order valence-electron chi connectivity index (χ0n) is 22.4. The lowest BCUT2D eigenvalue weighted by Crippen LogP contribution is -2.30. The summed E-state index contributed by atoms with van der Waals surface area (Å²) in [6.45, 7) is 2.32. The summed E-state index contributed by atoms with van der Waals surface area (Å²) in [5, 5.41) is 0. The average Bonchev–Trinajstić information content (AvgIpc) is 2.93. The van der Waals surface area contributed by atoms with Crippen LogP contribution in [0.25, 0.3) is 11.1 Å². The molecular formula is C34H39F3O. The normalized spacial score (nSPS) is 23.2. The second-order valence-electron chi connectivity index (χ2n) is 11.5. The molecule has 5 rings (SSSR count). The highest BCUT2D eigenvalue weighted by Crippen LogP contribution is 2.48. The van der Waals surface area contributed by atoms with Crippen LogP contribution in [0.5, 0.6) is 5.75 Å². The molecule has 0 bridgehead atoms. The first kappa shape index (κ1) is 26.8. The van der Waals surface area contributed by atoms with Crippen LogP contribution in [0.15, 0.2) is 60.7 Å². The topological polar surface area (TPSA) is 9.23 Å². The minimum Gasteiger partial charge on any atom is -0.483 e. The maximum absolute atomic E-state index is 15.3. The molecule has 4 heteroatoms. The van der Waals surface area contributed by atoms with Crippen molar-refractivity contribution in [1.29, 1.82) is 0 Å². The van der Waals surface area contributed by atoms with E-state index in [1.165, 1.54) is 51.4 Å². The molecule has 0 radical (unpaired) electrons. The highest BCUT2D eigenvalue weighted by molar-refractivity contribution is 5.66. The Balaban J connectivity index is 1.23. The van der Waals surface area contributed by atoms with Gasteiger partial charge in [0.2, 0.25) is 0 Å². The third kappa shape index (κ3) is 6.27. The smallest absolute Gasteiger partial charge is 0.191 e. The first-order valence-corrected chi connectivity index (χ1v) is 14.5. The molecule has 4 atom stereocenters. The van der Waals surface area contributed by atoms with Gasteiger partial charge in [0.05, 0.1) is 0 Å². The molecule has 0 aromatic heterocycles. The first-order valence-electron chi connectivity index (χ1n) is 14.5. The maximum Gasteiger partial charge on any atom is 0.191 e. The largest absolute Gasteiger partial charge is 0.483 e. The van der Waals surface area contributed by atoms with Crippen molar-refractivity contribution in [3.63, 3.8) is 0 Å². The minimum atomic E-state index is -0.831. The Kier molecular flexibility index (Phi) is 8.76. The van der Waals surface area contributed by atoms with Crippen molar-refractivity contribution in [2.45, 2.75) is 83.7 Å². The van der Waals surface area contributed by atoms with Crippen LogP contribution in [0.3, 0.4) is 0 Å². The van der Waals surface area contributed by atoms with Crippen molar-refractivity contribution in [3.8, 4) is 16.9 Å². The SMILES string of the molecule is CCCCCC1CC[C@@H]2C[C@H](c3ccc(-c4cc(F)c(OCc5ccccc5)c(F)c4)c(F)c3)CC[C@@H]2C1. The molecule has 3 aromatic carbocycles. The number of rotatable bonds is 9. The molecule has 0 aliphatic heterocycles. The van der Waals surface area contributed by atoms with Crippen LogP contribution >= 0.6 is 0 Å². The standard InChI is InChI=1S/C34H39F3O/c1-2-3-5-8-23-11-12-26-18-27(14-13-25(26)17-23)28-15-16-30(31(35)19-28)29-20-32(36)34(33(37)21-29)38-22-24-9-6-4-7-10-24/h4,6-7,9-10,15-16,19-21,23,25-27H,2-3,5,8,11-14,17-18,22H2,1H3/t23?,25-,26-,27-/m1/s1. The Morgan fingerprint density at radius 1 is 0.763 bits per heavy atom. The van der Waals surface area contributed by atoms with E-state index in [-0.39, 0.29) is 17.7 Å². The second-order valence-corrected chi connectivity index (χ2v) is 11.5. The molecule has 2 saturated carbocycles. The lowest BCUT2D eigenvalue weighted by Gasteiger charge is -2.42. The minimum absolute atomic E-state index is 0.0554. The quantitative estimate of drug-likeness (QED) is 0.255. The number of benzene rings is 3. The molecular weight excluding hydrogens is 481 g/mol. The molecule has 0 N–H and O–H groups in total. The maximum atomic E-state index is 15.3. The molecule has 38 heavy (non-hydrogen) atoms. The molecule has 0 amide bonds. The zero-order chi connectivity index (χ0) is 26.5. The summed E-state index contributed by atoms with van der Waals surface area (Å²) in [5.74, 6) is 0.291. The second kappa shape index (κ2) is 12.4. The Hall–Kier alpha value is -2.75. The molecule has 2 fully saturated rings. The summed E-state index contributed by atoms with van der Waals surface area (Å²) in [6.07, 6.45) is 12.8. The van der Waals surface area contributed by atoms with Gasteiger partial charge in [-0.25, -0.2) is 13.2 Å². The van der Waals surface area contributed by atoms with E-state index in [1.54, 1.807) is 12.1 Å². The zero-order valence-corrected chi connectivity index (χ0v) is 22.4. The third-order valence-corrected chi connectivity index (χ3v) is 8.94. The van der Waals surface area contributed by atoms with Crippen molar-refractivity contribution in [1.82, 2.24) is 0 Å². The van der Waals surface area contributed by atoms with Gasteiger partial charge in [0.25, 0.3) is 0 Å². The van der Waals surface area contributed by atoms with Gasteiger partial charge in [-0.15, -0.1) is 0 Å². The summed E-state index contributed by atoms with van der Waals surface area (Å²) >= 11 is 0. The van der Waals surface area contributed by atoms with Gasteiger partial charge in [-0.3, -0.25) is 0 Å². The van der Waals surface area contributed by atoms with Gasteiger partial charge >= 0.3 is 0 Å². The Labute approximate surface area is 225 Å². The van der Waals surface area contributed by atoms with Gasteiger partial charge in [0, 0.05) is 5.56 Å². The number of ether oxygens (including phenoxy) is 1. The third-order valence-electron chi connectivity index (χ3n) is 8.94. The molecule has 0 spiro atoms. The van der Waals surface area contributed by atoms with Crippen LogP contribution in [0, 0.1) is 35.2 Å². The summed E-state index contributed by atoms with van der Waals surface area (Å²) < 4.78 is 50.3. The van der Waals surface area contributed by atoms with Gasteiger partial charge in [0.15, 0.2) is 17.4 Å². The van der Waals surface area contributed by atoms with Crippen LogP contribution in [0.2, 0.25) is 0 Å². The lowest BCUT2D eigenvalue weighted by atomic mass is 9.63. The van der Waals surface area contributed by atoms with Crippen molar-refractivity contribution in [2.75, 3.05) is 0 Å². The van der Waals surface area contributed by atoms with Crippen molar-refractivity contribution in [2.24, 2.45) is 17.8 Å².